The van der Waals surface area contributed by atoms with Crippen molar-refractivity contribution in [2.24, 2.45) is 0 Å². The lowest BCUT2D eigenvalue weighted by Gasteiger charge is -2.06. The molecule has 5 heteroatoms. The van der Waals surface area contributed by atoms with Gasteiger partial charge in [0.05, 0.1) is 13.7 Å². The molecule has 1 heterocycles. The number of hydrogen-bond acceptors (Lipinski definition) is 4. The Morgan fingerprint density at radius 2 is 2.09 bits per heavy atom. The topological polar surface area (TPSA) is 60.5 Å². The third kappa shape index (κ3) is 5.14. The number of rotatable bonds is 7. The van der Waals surface area contributed by atoms with Gasteiger partial charge in [-0.2, -0.15) is 0 Å². The van der Waals surface area contributed by atoms with E-state index >= 15 is 0 Å². The summed E-state index contributed by atoms with van der Waals surface area (Å²) in [6.07, 6.45) is 4.91. The molecular weight excluding hydrogens is 292 g/mol. The van der Waals surface area contributed by atoms with Crippen LogP contribution in [0.2, 0.25) is 0 Å². The molecule has 1 aromatic heterocycles. The van der Waals surface area contributed by atoms with Crippen LogP contribution in [0, 0.1) is 0 Å². The molecule has 0 fully saturated rings. The summed E-state index contributed by atoms with van der Waals surface area (Å²) < 4.78 is 10.5. The van der Waals surface area contributed by atoms with Gasteiger partial charge in [-0.1, -0.05) is 24.3 Å². The van der Waals surface area contributed by atoms with Gasteiger partial charge in [-0.05, 0) is 24.6 Å². The zero-order valence-electron chi connectivity index (χ0n) is 13.3. The number of pyridine rings is 1. The van der Waals surface area contributed by atoms with Gasteiger partial charge in [-0.25, -0.2) is 4.98 Å². The highest BCUT2D eigenvalue weighted by atomic mass is 16.5. The average molecular weight is 312 g/mol. The van der Waals surface area contributed by atoms with E-state index in [1.54, 1.807) is 25.4 Å². The highest BCUT2D eigenvalue weighted by Gasteiger charge is 2.01. The zero-order chi connectivity index (χ0) is 16.5. The summed E-state index contributed by atoms with van der Waals surface area (Å²) in [7, 11) is 1.56. The number of amides is 1. The van der Waals surface area contributed by atoms with Crippen molar-refractivity contribution in [3.05, 3.63) is 59.8 Å². The van der Waals surface area contributed by atoms with Gasteiger partial charge in [-0.3, -0.25) is 4.79 Å². The first kappa shape index (κ1) is 16.5. The molecule has 0 aliphatic heterocycles. The molecule has 0 saturated heterocycles. The van der Waals surface area contributed by atoms with Crippen LogP contribution in [0.1, 0.15) is 18.1 Å². The van der Waals surface area contributed by atoms with Gasteiger partial charge in [0.25, 0.3) is 0 Å². The normalized spacial score (nSPS) is 10.5. The Balaban J connectivity index is 1.91. The molecule has 1 amide bonds. The number of methoxy groups -OCH3 is 1. The lowest BCUT2D eigenvalue weighted by Crippen LogP contribution is -2.20. The molecule has 1 aromatic carbocycles. The predicted molar refractivity (Wildman–Crippen MR) is 89.3 cm³/mol. The Labute approximate surface area is 136 Å². The highest BCUT2D eigenvalue weighted by molar-refractivity contribution is 5.92. The molecule has 0 radical (unpaired) electrons. The maximum absolute atomic E-state index is 11.9. The van der Waals surface area contributed by atoms with E-state index in [1.165, 1.54) is 6.08 Å². The summed E-state index contributed by atoms with van der Waals surface area (Å²) in [5.74, 6) is 1.14. The van der Waals surface area contributed by atoms with Crippen molar-refractivity contribution in [2.45, 2.75) is 13.5 Å². The fourth-order valence-corrected chi connectivity index (χ4v) is 1.95. The molecule has 2 aromatic rings. The molecule has 0 unspecified atom stereocenters. The Morgan fingerprint density at radius 3 is 2.78 bits per heavy atom. The monoisotopic (exact) mass is 312 g/mol. The summed E-state index contributed by atoms with van der Waals surface area (Å²) in [6.45, 7) is 2.92. The van der Waals surface area contributed by atoms with Crippen LogP contribution in [-0.4, -0.2) is 24.6 Å². The Hall–Kier alpha value is -2.82. The first-order chi connectivity index (χ1) is 11.2. The predicted octanol–water partition coefficient (Wildman–Crippen LogP) is 2.82. The maximum Gasteiger partial charge on any atom is 0.244 e. The maximum atomic E-state index is 11.9. The van der Waals surface area contributed by atoms with E-state index < -0.39 is 0 Å². The first-order valence-corrected chi connectivity index (χ1v) is 7.39. The van der Waals surface area contributed by atoms with Gasteiger partial charge < -0.3 is 14.8 Å². The third-order valence-corrected chi connectivity index (χ3v) is 3.11. The van der Waals surface area contributed by atoms with E-state index in [0.29, 0.717) is 19.0 Å². The minimum Gasteiger partial charge on any atom is -0.493 e. The number of ether oxygens (including phenoxy) is 2. The largest absolute Gasteiger partial charge is 0.493 e. The second kappa shape index (κ2) is 8.58. The van der Waals surface area contributed by atoms with E-state index in [0.717, 1.165) is 16.9 Å². The molecule has 0 saturated carbocycles. The number of nitrogens with zero attached hydrogens (tertiary/aromatic N) is 1. The van der Waals surface area contributed by atoms with Gasteiger partial charge in [0.1, 0.15) is 5.75 Å². The second-order valence-corrected chi connectivity index (χ2v) is 4.73. The average Bonchev–Trinajstić information content (AvgIpc) is 2.60. The second-order valence-electron chi connectivity index (χ2n) is 4.73. The van der Waals surface area contributed by atoms with Crippen LogP contribution in [0.4, 0.5) is 0 Å². The molecule has 0 aliphatic rings. The molecule has 0 aliphatic carbocycles. The quantitative estimate of drug-likeness (QED) is 0.799. The van der Waals surface area contributed by atoms with Crippen LogP contribution < -0.4 is 14.8 Å². The van der Waals surface area contributed by atoms with Crippen molar-refractivity contribution in [3.63, 3.8) is 0 Å². The number of hydrogen-bond donors (Lipinski definition) is 1. The number of nitrogens with one attached hydrogen (secondary N) is 1. The Bertz CT molecular complexity index is 666. The summed E-state index contributed by atoms with van der Waals surface area (Å²) in [5, 5.41) is 2.81. The smallest absolute Gasteiger partial charge is 0.244 e. The molecule has 120 valence electrons. The fraction of sp³-hybridized carbons (Fsp3) is 0.222. The Morgan fingerprint density at radius 1 is 1.26 bits per heavy atom. The van der Waals surface area contributed by atoms with E-state index in [2.05, 4.69) is 10.3 Å². The molecule has 0 bridgehead atoms. The molecule has 0 spiro atoms. The van der Waals surface area contributed by atoms with Gasteiger partial charge >= 0.3 is 0 Å². The molecular formula is C18H20N2O3. The molecule has 1 N–H and O–H groups in total. The number of para-hydroxylation sites is 1. The summed E-state index contributed by atoms with van der Waals surface area (Å²) >= 11 is 0. The minimum absolute atomic E-state index is 0.174. The molecule has 23 heavy (non-hydrogen) atoms. The van der Waals surface area contributed by atoms with Crippen LogP contribution in [0.3, 0.4) is 0 Å². The SMILES string of the molecule is CCOc1ccccc1/C=C/C(=O)NCc1ccc(OC)nc1. The summed E-state index contributed by atoms with van der Waals surface area (Å²) in [5.41, 5.74) is 1.78. The lowest BCUT2D eigenvalue weighted by atomic mass is 10.2. The van der Waals surface area contributed by atoms with E-state index in [9.17, 15) is 4.79 Å². The highest BCUT2D eigenvalue weighted by Crippen LogP contribution is 2.19. The van der Waals surface area contributed by atoms with E-state index in [4.69, 9.17) is 9.47 Å². The molecule has 5 nitrogen and oxygen atoms in total. The number of carbonyl (C=O) groups is 1. The van der Waals surface area contributed by atoms with Crippen molar-refractivity contribution in [1.82, 2.24) is 10.3 Å². The van der Waals surface area contributed by atoms with Crippen molar-refractivity contribution < 1.29 is 14.3 Å². The number of carbonyl (C=O) groups excluding carboxylic acids is 1. The van der Waals surface area contributed by atoms with Crippen LogP contribution in [0.25, 0.3) is 6.08 Å². The number of aromatic nitrogens is 1. The minimum atomic E-state index is -0.174. The number of benzene rings is 1. The van der Waals surface area contributed by atoms with E-state index in [1.807, 2.05) is 37.3 Å². The van der Waals surface area contributed by atoms with Crippen molar-refractivity contribution in [1.29, 1.82) is 0 Å². The van der Waals surface area contributed by atoms with Gasteiger partial charge in [0, 0.05) is 30.4 Å². The molecule has 0 atom stereocenters. The van der Waals surface area contributed by atoms with Crippen molar-refractivity contribution in [3.8, 4) is 11.6 Å². The van der Waals surface area contributed by atoms with Crippen LogP contribution in [0.15, 0.2) is 48.7 Å². The molecule has 2 rings (SSSR count). The summed E-state index contributed by atoms with van der Waals surface area (Å²) in [4.78, 5) is 16.0. The van der Waals surface area contributed by atoms with Crippen LogP contribution in [0.5, 0.6) is 11.6 Å². The van der Waals surface area contributed by atoms with Crippen molar-refractivity contribution in [2.75, 3.05) is 13.7 Å². The van der Waals surface area contributed by atoms with E-state index in [-0.39, 0.29) is 5.91 Å². The zero-order valence-corrected chi connectivity index (χ0v) is 13.3. The van der Waals surface area contributed by atoms with Gasteiger partial charge in [0.2, 0.25) is 11.8 Å². The van der Waals surface area contributed by atoms with Gasteiger partial charge in [0.15, 0.2) is 0 Å². The third-order valence-electron chi connectivity index (χ3n) is 3.11. The van der Waals surface area contributed by atoms with Crippen LogP contribution >= 0.6 is 0 Å². The fourth-order valence-electron chi connectivity index (χ4n) is 1.95. The first-order valence-electron chi connectivity index (χ1n) is 7.39. The lowest BCUT2D eigenvalue weighted by molar-refractivity contribution is -0.116. The van der Waals surface area contributed by atoms with Gasteiger partial charge in [-0.15, -0.1) is 0 Å². The van der Waals surface area contributed by atoms with Crippen LogP contribution in [-0.2, 0) is 11.3 Å². The summed E-state index contributed by atoms with van der Waals surface area (Å²) in [6, 6.07) is 11.2. The standard InChI is InChI=1S/C18H20N2O3/c1-3-23-16-7-5-4-6-15(16)9-10-17(21)19-12-14-8-11-18(22-2)20-13-14/h4-11,13H,3,12H2,1-2H3,(H,19,21)/b10-9+. The van der Waals surface area contributed by atoms with Crippen molar-refractivity contribution >= 4 is 12.0 Å². The Kier molecular flexibility index (Phi) is 6.17.